The molecule has 2 N–H and O–H groups in total. The molecule has 6 heteroatoms. The van der Waals surface area contributed by atoms with E-state index in [4.69, 9.17) is 0 Å². The summed E-state index contributed by atoms with van der Waals surface area (Å²) in [6, 6.07) is 12.7. The summed E-state index contributed by atoms with van der Waals surface area (Å²) < 4.78 is 28.4. The minimum Gasteiger partial charge on any atom is -0.507 e. The molecule has 0 spiro atoms. The monoisotopic (exact) mass is 386 g/mol. The summed E-state index contributed by atoms with van der Waals surface area (Å²) in [7, 11) is 0. The first-order valence-corrected chi connectivity index (χ1v) is 8.83. The van der Waals surface area contributed by atoms with Gasteiger partial charge in [-0.05, 0) is 40.5 Å². The maximum Gasteiger partial charge on any atom is 0.165 e. The van der Waals surface area contributed by atoms with Gasteiger partial charge in [0.15, 0.2) is 11.6 Å². The molecule has 0 radical (unpaired) electrons. The Morgan fingerprint density at radius 2 is 1.83 bits per heavy atom. The van der Waals surface area contributed by atoms with Gasteiger partial charge in [0, 0.05) is 29.0 Å². The summed E-state index contributed by atoms with van der Waals surface area (Å²) in [5.74, 6) is -2.20. The number of fused-ring (bicyclic) bond motifs is 4. The van der Waals surface area contributed by atoms with Gasteiger partial charge in [0.2, 0.25) is 0 Å². The van der Waals surface area contributed by atoms with Crippen molar-refractivity contribution in [2.24, 2.45) is 0 Å². The quantitative estimate of drug-likeness (QED) is 0.436. The van der Waals surface area contributed by atoms with Gasteiger partial charge in [-0.25, -0.2) is 8.78 Å². The number of hydrogen-bond acceptors (Lipinski definition) is 4. The van der Waals surface area contributed by atoms with E-state index in [1.165, 1.54) is 18.2 Å². The van der Waals surface area contributed by atoms with E-state index >= 15 is 0 Å². The highest BCUT2D eigenvalue weighted by atomic mass is 19.2. The van der Waals surface area contributed by atoms with Crippen molar-refractivity contribution in [3.05, 3.63) is 94.2 Å². The van der Waals surface area contributed by atoms with Crippen LogP contribution in [0.15, 0.2) is 60.3 Å². The Labute approximate surface area is 164 Å². The van der Waals surface area contributed by atoms with Crippen LogP contribution >= 0.6 is 0 Å². The first-order valence-electron chi connectivity index (χ1n) is 8.83. The molecule has 0 bridgehead atoms. The molecule has 2 aliphatic carbocycles. The first-order chi connectivity index (χ1) is 14.0. The number of nitrogens with zero attached hydrogens (tertiary/aromatic N) is 2. The van der Waals surface area contributed by atoms with Crippen LogP contribution in [0.5, 0.6) is 5.75 Å². The van der Waals surface area contributed by atoms with Crippen LogP contribution in [-0.2, 0) is 0 Å². The zero-order valence-electron chi connectivity index (χ0n) is 14.8. The zero-order valence-corrected chi connectivity index (χ0v) is 14.8. The fourth-order valence-corrected chi connectivity index (χ4v) is 4.24. The average Bonchev–Trinajstić information content (AvgIpc) is 3.18. The molecule has 5 rings (SSSR count). The lowest BCUT2D eigenvalue weighted by molar-refractivity contribution is 0.219. The van der Waals surface area contributed by atoms with Crippen molar-refractivity contribution in [1.29, 1.82) is 5.26 Å². The Bertz CT molecular complexity index is 1320. The highest BCUT2D eigenvalue weighted by molar-refractivity contribution is 6.09. The number of phenolic OH excluding ortho intramolecular Hbond substituents is 1. The SMILES string of the molecule is N#CC=C1/C(=C2/c3cccnc3-c3c(O)cccc32)C(O)c2c1ccc(F)c2F. The lowest BCUT2D eigenvalue weighted by Gasteiger charge is -2.13. The van der Waals surface area contributed by atoms with Crippen LogP contribution in [0.4, 0.5) is 8.78 Å². The summed E-state index contributed by atoms with van der Waals surface area (Å²) in [5.41, 5.74) is 3.45. The third kappa shape index (κ3) is 2.22. The van der Waals surface area contributed by atoms with Gasteiger partial charge in [0.05, 0.1) is 17.3 Å². The predicted molar refractivity (Wildman–Crippen MR) is 102 cm³/mol. The smallest absolute Gasteiger partial charge is 0.165 e. The Morgan fingerprint density at radius 3 is 2.62 bits per heavy atom. The van der Waals surface area contributed by atoms with E-state index < -0.39 is 17.7 Å². The average molecular weight is 386 g/mol. The minimum absolute atomic E-state index is 0.0195. The molecular weight excluding hydrogens is 374 g/mol. The van der Waals surface area contributed by atoms with E-state index in [0.717, 1.165) is 6.07 Å². The number of halogens is 2. The van der Waals surface area contributed by atoms with Crippen molar-refractivity contribution in [1.82, 2.24) is 4.98 Å². The van der Waals surface area contributed by atoms with E-state index in [0.29, 0.717) is 33.5 Å². The summed E-state index contributed by atoms with van der Waals surface area (Å²) in [5, 5.41) is 30.8. The normalized spacial score (nSPS) is 20.3. The van der Waals surface area contributed by atoms with Crippen LogP contribution in [0.2, 0.25) is 0 Å². The molecule has 0 amide bonds. The Kier molecular flexibility index (Phi) is 3.63. The fraction of sp³-hybridized carbons (Fsp3) is 0.0435. The predicted octanol–water partition coefficient (Wildman–Crippen LogP) is 4.50. The standard InChI is InChI=1S/C23H12F2N2O2/c24-15-7-6-11-12(8-9-26)19(23(29)20(11)21(15)25)17-13-3-1-5-16(28)18(13)22-14(17)4-2-10-27-22/h1-8,10,23,28-29H/b12-8?,19-17-. The lowest BCUT2D eigenvalue weighted by atomic mass is 9.92. The molecule has 4 nitrogen and oxygen atoms in total. The Hall–Kier alpha value is -3.82. The van der Waals surface area contributed by atoms with Crippen LogP contribution in [-0.4, -0.2) is 15.2 Å². The number of rotatable bonds is 0. The van der Waals surface area contributed by atoms with Crippen molar-refractivity contribution in [3.8, 4) is 23.1 Å². The van der Waals surface area contributed by atoms with Crippen molar-refractivity contribution < 1.29 is 19.0 Å². The van der Waals surface area contributed by atoms with Crippen LogP contribution in [0.25, 0.3) is 22.4 Å². The highest BCUT2D eigenvalue weighted by Crippen LogP contribution is 2.55. The molecule has 1 heterocycles. The number of aliphatic hydroxyl groups excluding tert-OH is 1. The molecule has 29 heavy (non-hydrogen) atoms. The molecule has 3 aromatic rings. The number of aromatic hydroxyl groups is 1. The van der Waals surface area contributed by atoms with Crippen molar-refractivity contribution in [3.63, 3.8) is 0 Å². The number of aliphatic hydroxyl groups is 1. The summed E-state index contributed by atoms with van der Waals surface area (Å²) in [6.45, 7) is 0. The minimum atomic E-state index is -1.48. The maximum atomic E-state index is 14.6. The molecule has 1 atom stereocenters. The third-order valence-electron chi connectivity index (χ3n) is 5.36. The molecule has 1 unspecified atom stereocenters. The van der Waals surface area contributed by atoms with E-state index in [1.807, 2.05) is 6.07 Å². The van der Waals surface area contributed by atoms with Crippen LogP contribution < -0.4 is 0 Å². The molecule has 1 aromatic heterocycles. The van der Waals surface area contributed by atoms with E-state index in [9.17, 15) is 24.3 Å². The molecule has 140 valence electrons. The van der Waals surface area contributed by atoms with Crippen molar-refractivity contribution >= 4 is 11.1 Å². The Balaban J connectivity index is 1.93. The van der Waals surface area contributed by atoms with Crippen molar-refractivity contribution in [2.45, 2.75) is 6.10 Å². The molecule has 0 saturated heterocycles. The number of phenols is 1. The molecule has 0 aliphatic heterocycles. The summed E-state index contributed by atoms with van der Waals surface area (Å²) in [4.78, 5) is 4.37. The molecule has 0 fully saturated rings. The number of aromatic nitrogens is 1. The summed E-state index contributed by atoms with van der Waals surface area (Å²) >= 11 is 0. The second kappa shape index (κ2) is 6.09. The number of allylic oxidation sites excluding steroid dienone is 1. The maximum absolute atomic E-state index is 14.6. The second-order valence-corrected chi connectivity index (χ2v) is 6.80. The largest absolute Gasteiger partial charge is 0.507 e. The molecule has 2 aromatic carbocycles. The third-order valence-corrected chi connectivity index (χ3v) is 5.36. The van der Waals surface area contributed by atoms with Gasteiger partial charge in [0.1, 0.15) is 11.9 Å². The van der Waals surface area contributed by atoms with Crippen LogP contribution in [0.1, 0.15) is 28.4 Å². The molecular formula is C23H12F2N2O2. The van der Waals surface area contributed by atoms with Crippen LogP contribution in [0, 0.1) is 23.0 Å². The second-order valence-electron chi connectivity index (χ2n) is 6.80. The van der Waals surface area contributed by atoms with Gasteiger partial charge in [-0.1, -0.05) is 24.3 Å². The first kappa shape index (κ1) is 17.3. The zero-order chi connectivity index (χ0) is 20.3. The number of benzene rings is 2. The Morgan fingerprint density at radius 1 is 1.03 bits per heavy atom. The van der Waals surface area contributed by atoms with Crippen LogP contribution in [0.3, 0.4) is 0 Å². The lowest BCUT2D eigenvalue weighted by Crippen LogP contribution is -2.02. The fourth-order valence-electron chi connectivity index (χ4n) is 4.24. The van der Waals surface area contributed by atoms with Gasteiger partial charge in [-0.2, -0.15) is 5.26 Å². The van der Waals surface area contributed by atoms with Gasteiger partial charge >= 0.3 is 0 Å². The summed E-state index contributed by atoms with van der Waals surface area (Å²) in [6.07, 6.45) is 1.33. The van der Waals surface area contributed by atoms with Gasteiger partial charge in [0.25, 0.3) is 0 Å². The topological polar surface area (TPSA) is 77.1 Å². The van der Waals surface area contributed by atoms with E-state index in [1.54, 1.807) is 30.5 Å². The number of hydrogen-bond donors (Lipinski definition) is 2. The highest BCUT2D eigenvalue weighted by Gasteiger charge is 2.40. The van der Waals surface area contributed by atoms with Gasteiger partial charge in [-0.15, -0.1) is 0 Å². The van der Waals surface area contributed by atoms with Gasteiger partial charge in [-0.3, -0.25) is 4.98 Å². The molecule has 0 saturated carbocycles. The molecule has 2 aliphatic rings. The van der Waals surface area contributed by atoms with E-state index in [-0.39, 0.29) is 22.4 Å². The number of nitriles is 1. The number of pyridine rings is 1. The van der Waals surface area contributed by atoms with Gasteiger partial charge < -0.3 is 10.2 Å². The van der Waals surface area contributed by atoms with E-state index in [2.05, 4.69) is 4.98 Å². The van der Waals surface area contributed by atoms with Crippen molar-refractivity contribution in [2.75, 3.05) is 0 Å².